The summed E-state index contributed by atoms with van der Waals surface area (Å²) < 4.78 is 66.9. The van der Waals surface area contributed by atoms with Gasteiger partial charge >= 0.3 is 6.18 Å². The maximum absolute atomic E-state index is 13.3. The smallest absolute Gasteiger partial charge is 0.344 e. The minimum atomic E-state index is -4.57. The number of aryl methyl sites for hydroxylation is 1. The van der Waals surface area contributed by atoms with Gasteiger partial charge in [0.2, 0.25) is 0 Å². The van der Waals surface area contributed by atoms with Crippen LogP contribution in [-0.2, 0) is 12.7 Å². The van der Waals surface area contributed by atoms with Gasteiger partial charge in [-0.15, -0.1) is 0 Å². The Bertz CT molecular complexity index is 1070. The van der Waals surface area contributed by atoms with Crippen molar-refractivity contribution in [3.8, 4) is 11.3 Å². The van der Waals surface area contributed by atoms with E-state index in [0.29, 0.717) is 30.4 Å². The summed E-state index contributed by atoms with van der Waals surface area (Å²) in [4.78, 5) is 15.7. The van der Waals surface area contributed by atoms with E-state index in [1.54, 1.807) is 10.7 Å². The molecule has 0 aliphatic carbocycles. The van der Waals surface area contributed by atoms with E-state index >= 15 is 0 Å². The van der Waals surface area contributed by atoms with Crippen LogP contribution in [0.2, 0.25) is 0 Å². The number of alkyl halides is 3. The van der Waals surface area contributed by atoms with Crippen LogP contribution >= 0.6 is 0 Å². The highest BCUT2D eigenvalue weighted by molar-refractivity contribution is 5.94. The topological polar surface area (TPSA) is 59.8 Å². The molecule has 0 fully saturated rings. The summed E-state index contributed by atoms with van der Waals surface area (Å²) >= 11 is 0. The van der Waals surface area contributed by atoms with Crippen molar-refractivity contribution in [2.24, 2.45) is 0 Å². The summed E-state index contributed by atoms with van der Waals surface area (Å²) in [6.07, 6.45) is -3.02. The molecule has 29 heavy (non-hydrogen) atoms. The molecule has 1 aliphatic heterocycles. The minimum absolute atomic E-state index is 0.162. The van der Waals surface area contributed by atoms with Crippen LogP contribution in [0, 0.1) is 11.6 Å². The summed E-state index contributed by atoms with van der Waals surface area (Å²) in [7, 11) is 0. The average Bonchev–Trinajstić information content (AvgIpc) is 3.22. The van der Waals surface area contributed by atoms with Crippen molar-refractivity contribution in [3.05, 3.63) is 71.2 Å². The van der Waals surface area contributed by atoms with Gasteiger partial charge in [0, 0.05) is 29.9 Å². The van der Waals surface area contributed by atoms with E-state index in [1.807, 2.05) is 0 Å². The largest absolute Gasteiger partial charge is 0.433 e. The van der Waals surface area contributed by atoms with Crippen molar-refractivity contribution in [1.82, 2.24) is 20.1 Å². The average molecular weight is 408 g/mol. The molecule has 4 rings (SSSR count). The van der Waals surface area contributed by atoms with Gasteiger partial charge in [0.1, 0.15) is 17.3 Å². The monoisotopic (exact) mass is 408 g/mol. The molecule has 1 unspecified atom stereocenters. The number of rotatable bonds is 3. The molecule has 3 aromatic rings. The Kier molecular flexibility index (Phi) is 4.56. The predicted molar refractivity (Wildman–Crippen MR) is 91.6 cm³/mol. The second-order valence-electron chi connectivity index (χ2n) is 6.58. The summed E-state index contributed by atoms with van der Waals surface area (Å²) in [6, 6.07) is 5.92. The lowest BCUT2D eigenvalue weighted by Gasteiger charge is -2.12. The highest BCUT2D eigenvalue weighted by atomic mass is 19.4. The molecule has 0 radical (unpaired) electrons. The number of benzene rings is 1. The summed E-state index contributed by atoms with van der Waals surface area (Å²) in [5.41, 5.74) is -0.0449. The first-order valence-corrected chi connectivity index (χ1v) is 8.59. The minimum Gasteiger partial charge on any atom is -0.344 e. The number of carbonyl (C=O) groups excluding carboxylic acids is 1. The maximum Gasteiger partial charge on any atom is 0.433 e. The van der Waals surface area contributed by atoms with Crippen molar-refractivity contribution in [2.75, 3.05) is 0 Å². The Morgan fingerprint density at radius 3 is 2.52 bits per heavy atom. The summed E-state index contributed by atoms with van der Waals surface area (Å²) in [5, 5.41) is 6.97. The van der Waals surface area contributed by atoms with E-state index < -0.39 is 35.5 Å². The highest BCUT2D eigenvalue weighted by Crippen LogP contribution is 2.33. The number of hydrogen-bond donors (Lipinski definition) is 1. The first kappa shape index (κ1) is 19.0. The van der Waals surface area contributed by atoms with Crippen molar-refractivity contribution < 1.29 is 26.7 Å². The highest BCUT2D eigenvalue weighted by Gasteiger charge is 2.33. The normalized spacial score (nSPS) is 16.0. The van der Waals surface area contributed by atoms with Gasteiger partial charge in [-0.05, 0) is 36.8 Å². The van der Waals surface area contributed by atoms with Crippen LogP contribution < -0.4 is 5.32 Å². The van der Waals surface area contributed by atoms with Crippen molar-refractivity contribution in [2.45, 2.75) is 25.2 Å². The maximum atomic E-state index is 13.3. The van der Waals surface area contributed by atoms with E-state index in [4.69, 9.17) is 0 Å². The number of halogens is 5. The number of pyridine rings is 1. The number of hydrogen-bond acceptors (Lipinski definition) is 3. The van der Waals surface area contributed by atoms with Crippen LogP contribution in [0.4, 0.5) is 22.0 Å². The Hall–Kier alpha value is -3.30. The molecule has 1 amide bonds. The van der Waals surface area contributed by atoms with Crippen LogP contribution in [0.15, 0.2) is 42.6 Å². The molecule has 0 spiro atoms. The summed E-state index contributed by atoms with van der Waals surface area (Å²) in [5.74, 6) is -2.40. The van der Waals surface area contributed by atoms with Gasteiger partial charge in [-0.2, -0.15) is 18.3 Å². The molecular weight excluding hydrogens is 395 g/mol. The third kappa shape index (κ3) is 3.82. The van der Waals surface area contributed by atoms with Gasteiger partial charge in [0.15, 0.2) is 0 Å². The molecule has 2 aromatic heterocycles. The number of amides is 1. The van der Waals surface area contributed by atoms with E-state index in [0.717, 1.165) is 24.4 Å². The third-order valence-electron chi connectivity index (χ3n) is 4.57. The van der Waals surface area contributed by atoms with Crippen LogP contribution in [-0.4, -0.2) is 20.7 Å². The second-order valence-corrected chi connectivity index (χ2v) is 6.58. The van der Waals surface area contributed by atoms with Gasteiger partial charge in [0.05, 0.1) is 17.4 Å². The molecule has 0 saturated heterocycles. The van der Waals surface area contributed by atoms with Crippen LogP contribution in [0.1, 0.15) is 34.2 Å². The Balaban J connectivity index is 1.57. The molecule has 150 valence electrons. The molecule has 10 heteroatoms. The molecular formula is C19H13F5N4O. The lowest BCUT2D eigenvalue weighted by molar-refractivity contribution is -0.141. The molecule has 1 aromatic carbocycles. The van der Waals surface area contributed by atoms with E-state index in [2.05, 4.69) is 15.4 Å². The third-order valence-corrected chi connectivity index (χ3v) is 4.57. The Morgan fingerprint density at radius 2 is 1.83 bits per heavy atom. The fourth-order valence-electron chi connectivity index (χ4n) is 3.25. The fraction of sp³-hybridized carbons (Fsp3) is 0.211. The first-order valence-electron chi connectivity index (χ1n) is 8.59. The molecule has 1 aliphatic rings. The van der Waals surface area contributed by atoms with Gasteiger partial charge < -0.3 is 5.32 Å². The van der Waals surface area contributed by atoms with Gasteiger partial charge in [-0.1, -0.05) is 0 Å². The summed E-state index contributed by atoms with van der Waals surface area (Å²) in [6.45, 7) is 0.439. The molecule has 5 nitrogen and oxygen atoms in total. The van der Waals surface area contributed by atoms with E-state index in [-0.39, 0.29) is 11.1 Å². The quantitative estimate of drug-likeness (QED) is 0.664. The van der Waals surface area contributed by atoms with Gasteiger partial charge in [0.25, 0.3) is 5.91 Å². The molecule has 3 heterocycles. The van der Waals surface area contributed by atoms with Crippen LogP contribution in [0.3, 0.4) is 0 Å². The molecule has 0 bridgehead atoms. The van der Waals surface area contributed by atoms with Crippen LogP contribution in [0.25, 0.3) is 11.3 Å². The predicted octanol–water partition coefficient (Wildman–Crippen LogP) is 4.12. The zero-order valence-electron chi connectivity index (χ0n) is 14.7. The SMILES string of the molecule is O=C(NC1CCn2nc(-c3ccnc(C(F)(F)F)c3)cc21)c1cc(F)cc(F)c1. The van der Waals surface area contributed by atoms with Crippen molar-refractivity contribution >= 4 is 5.91 Å². The number of nitrogens with one attached hydrogen (secondary N) is 1. The van der Waals surface area contributed by atoms with E-state index in [1.165, 1.54) is 6.07 Å². The van der Waals surface area contributed by atoms with Crippen molar-refractivity contribution in [3.63, 3.8) is 0 Å². The second kappa shape index (κ2) is 6.94. The standard InChI is InChI=1S/C19H13F5N4O/c20-12-5-11(6-13(21)8-12)18(29)26-14-2-4-28-16(14)9-15(27-28)10-1-3-25-17(7-10)19(22,23)24/h1,3,5-9,14H,2,4H2,(H,26,29). The lowest BCUT2D eigenvalue weighted by Crippen LogP contribution is -2.27. The number of carbonyl (C=O) groups is 1. The molecule has 1 atom stereocenters. The zero-order valence-corrected chi connectivity index (χ0v) is 14.7. The van der Waals surface area contributed by atoms with Crippen molar-refractivity contribution in [1.29, 1.82) is 0 Å². The lowest BCUT2D eigenvalue weighted by atomic mass is 10.1. The molecule has 0 saturated carbocycles. The van der Waals surface area contributed by atoms with Gasteiger partial charge in [-0.3, -0.25) is 14.5 Å². The number of fused-ring (bicyclic) bond motifs is 1. The Morgan fingerprint density at radius 1 is 1.10 bits per heavy atom. The van der Waals surface area contributed by atoms with Crippen LogP contribution in [0.5, 0.6) is 0 Å². The van der Waals surface area contributed by atoms with E-state index in [9.17, 15) is 26.7 Å². The Labute approximate surface area is 161 Å². The number of nitrogens with zero attached hydrogens (tertiary/aromatic N) is 3. The zero-order chi connectivity index (χ0) is 20.8. The fourth-order valence-corrected chi connectivity index (χ4v) is 3.25. The number of aromatic nitrogens is 3. The molecule has 1 N–H and O–H groups in total. The first-order chi connectivity index (χ1) is 13.7. The van der Waals surface area contributed by atoms with Gasteiger partial charge in [-0.25, -0.2) is 8.78 Å².